The Morgan fingerprint density at radius 1 is 1.00 bits per heavy atom. The highest BCUT2D eigenvalue weighted by Gasteiger charge is 2.25. The summed E-state index contributed by atoms with van der Waals surface area (Å²) in [7, 11) is 0. The number of rotatable bonds is 5. The average molecular weight is 386 g/mol. The van der Waals surface area contributed by atoms with Crippen LogP contribution < -0.4 is 15.0 Å². The number of anilines is 1. The molecule has 0 atom stereocenters. The Balaban J connectivity index is 1.50. The highest BCUT2D eigenvalue weighted by atomic mass is 16.5. The molecule has 0 fully saturated rings. The van der Waals surface area contributed by atoms with E-state index in [0.29, 0.717) is 24.4 Å². The molecule has 4 rings (SSSR count). The van der Waals surface area contributed by atoms with Gasteiger partial charge in [-0.25, -0.2) is 0 Å². The van der Waals surface area contributed by atoms with E-state index in [1.54, 1.807) is 11.0 Å². The summed E-state index contributed by atoms with van der Waals surface area (Å²) < 4.78 is 5.54. The Morgan fingerprint density at radius 3 is 2.62 bits per heavy atom. The van der Waals surface area contributed by atoms with Crippen LogP contribution in [0, 0.1) is 6.92 Å². The number of carbonyl (C=O) groups excluding carboxylic acids is 2. The molecule has 0 radical (unpaired) electrons. The molecule has 0 aliphatic carbocycles. The van der Waals surface area contributed by atoms with Crippen molar-refractivity contribution in [3.05, 3.63) is 95.1 Å². The van der Waals surface area contributed by atoms with E-state index in [-0.39, 0.29) is 18.4 Å². The van der Waals surface area contributed by atoms with Crippen molar-refractivity contribution in [1.29, 1.82) is 0 Å². The number of nitrogens with zero attached hydrogens (tertiary/aromatic N) is 1. The minimum Gasteiger partial charge on any atom is -0.482 e. The molecule has 0 spiro atoms. The third-order valence-electron chi connectivity index (χ3n) is 4.88. The van der Waals surface area contributed by atoms with Crippen LogP contribution in [0.5, 0.6) is 5.75 Å². The SMILES string of the molecule is Cc1ccc2c(c1)N(Cc1cccc(C(=O)NCc3ccccc3)c1)C(=O)CO2. The predicted octanol–water partition coefficient (Wildman–Crippen LogP) is 3.85. The van der Waals surface area contributed by atoms with Crippen LogP contribution in [0.25, 0.3) is 0 Å². The number of nitrogens with one attached hydrogen (secondary N) is 1. The number of amides is 2. The maximum Gasteiger partial charge on any atom is 0.265 e. The minimum absolute atomic E-state index is 0.0211. The van der Waals surface area contributed by atoms with Crippen LogP contribution in [0.15, 0.2) is 72.8 Å². The monoisotopic (exact) mass is 386 g/mol. The third kappa shape index (κ3) is 4.29. The lowest BCUT2D eigenvalue weighted by Crippen LogP contribution is -2.38. The van der Waals surface area contributed by atoms with Gasteiger partial charge in [0.1, 0.15) is 5.75 Å². The first-order chi connectivity index (χ1) is 14.1. The van der Waals surface area contributed by atoms with Crippen molar-refractivity contribution in [2.24, 2.45) is 0 Å². The molecule has 1 N–H and O–H groups in total. The van der Waals surface area contributed by atoms with Crippen molar-refractivity contribution < 1.29 is 14.3 Å². The van der Waals surface area contributed by atoms with Crippen LogP contribution in [-0.2, 0) is 17.9 Å². The molecule has 0 aromatic heterocycles. The molecule has 3 aromatic rings. The number of hydrogen-bond acceptors (Lipinski definition) is 3. The fourth-order valence-corrected chi connectivity index (χ4v) is 3.36. The van der Waals surface area contributed by atoms with E-state index in [9.17, 15) is 9.59 Å². The molecule has 1 aliphatic heterocycles. The molecule has 0 saturated heterocycles. The van der Waals surface area contributed by atoms with E-state index >= 15 is 0 Å². The molecule has 1 aliphatic rings. The third-order valence-corrected chi connectivity index (χ3v) is 4.88. The molecular weight excluding hydrogens is 364 g/mol. The number of benzene rings is 3. The summed E-state index contributed by atoms with van der Waals surface area (Å²) >= 11 is 0. The molecule has 5 heteroatoms. The molecular formula is C24H22N2O3. The zero-order chi connectivity index (χ0) is 20.2. The average Bonchev–Trinajstić information content (AvgIpc) is 2.75. The standard InChI is InChI=1S/C24H22N2O3/c1-17-10-11-22-21(12-17)26(23(27)16-29-22)15-19-8-5-9-20(13-19)24(28)25-14-18-6-3-2-4-7-18/h2-13H,14-16H2,1H3,(H,25,28). The molecule has 1 heterocycles. The second-order valence-corrected chi connectivity index (χ2v) is 7.11. The normalized spacial score (nSPS) is 12.9. The number of fused-ring (bicyclic) bond motifs is 1. The van der Waals surface area contributed by atoms with E-state index < -0.39 is 0 Å². The second kappa shape index (κ2) is 8.19. The maximum absolute atomic E-state index is 12.6. The van der Waals surface area contributed by atoms with Crippen molar-refractivity contribution in [3.63, 3.8) is 0 Å². The highest BCUT2D eigenvalue weighted by molar-refractivity contribution is 5.98. The van der Waals surface area contributed by atoms with Crippen LogP contribution in [0.1, 0.15) is 27.0 Å². The van der Waals surface area contributed by atoms with Gasteiger partial charge in [-0.2, -0.15) is 0 Å². The predicted molar refractivity (Wildman–Crippen MR) is 112 cm³/mol. The van der Waals surface area contributed by atoms with Gasteiger partial charge in [0.25, 0.3) is 11.8 Å². The number of hydrogen-bond donors (Lipinski definition) is 1. The minimum atomic E-state index is -0.139. The quantitative estimate of drug-likeness (QED) is 0.725. The van der Waals surface area contributed by atoms with Crippen molar-refractivity contribution in [1.82, 2.24) is 5.32 Å². The summed E-state index contributed by atoms with van der Waals surface area (Å²) in [6, 6.07) is 23.0. The van der Waals surface area contributed by atoms with Gasteiger partial charge in [-0.05, 0) is 47.9 Å². The molecule has 146 valence electrons. The van der Waals surface area contributed by atoms with E-state index in [1.807, 2.05) is 73.7 Å². The molecule has 0 saturated carbocycles. The number of aryl methyl sites for hydroxylation is 1. The van der Waals surface area contributed by atoms with E-state index in [0.717, 1.165) is 22.4 Å². The van der Waals surface area contributed by atoms with Gasteiger partial charge in [0.05, 0.1) is 12.2 Å². The smallest absolute Gasteiger partial charge is 0.265 e. The summed E-state index contributed by atoms with van der Waals surface area (Å²) in [6.07, 6.45) is 0. The Morgan fingerprint density at radius 2 is 1.79 bits per heavy atom. The lowest BCUT2D eigenvalue weighted by atomic mass is 10.1. The molecule has 29 heavy (non-hydrogen) atoms. The molecule has 5 nitrogen and oxygen atoms in total. The van der Waals surface area contributed by atoms with Crippen LogP contribution in [0.3, 0.4) is 0 Å². The van der Waals surface area contributed by atoms with Crippen molar-refractivity contribution in [3.8, 4) is 5.75 Å². The molecule has 0 unspecified atom stereocenters. The maximum atomic E-state index is 12.6. The van der Waals surface area contributed by atoms with E-state index in [4.69, 9.17) is 4.74 Å². The first-order valence-corrected chi connectivity index (χ1v) is 9.55. The fraction of sp³-hybridized carbons (Fsp3) is 0.167. The van der Waals surface area contributed by atoms with Crippen molar-refractivity contribution in [2.75, 3.05) is 11.5 Å². The van der Waals surface area contributed by atoms with Gasteiger partial charge in [-0.15, -0.1) is 0 Å². The Labute approximate surface area is 169 Å². The molecule has 2 amide bonds. The van der Waals surface area contributed by atoms with Gasteiger partial charge in [-0.1, -0.05) is 48.5 Å². The van der Waals surface area contributed by atoms with Gasteiger partial charge < -0.3 is 15.0 Å². The number of ether oxygens (including phenoxy) is 1. The van der Waals surface area contributed by atoms with Crippen LogP contribution in [0.2, 0.25) is 0 Å². The van der Waals surface area contributed by atoms with Crippen molar-refractivity contribution in [2.45, 2.75) is 20.0 Å². The first kappa shape index (κ1) is 18.7. The van der Waals surface area contributed by atoms with Crippen LogP contribution in [-0.4, -0.2) is 18.4 Å². The topological polar surface area (TPSA) is 58.6 Å². The van der Waals surface area contributed by atoms with Gasteiger partial charge in [0.15, 0.2) is 6.61 Å². The fourth-order valence-electron chi connectivity index (χ4n) is 3.36. The number of carbonyl (C=O) groups is 2. The van der Waals surface area contributed by atoms with Gasteiger partial charge in [-0.3, -0.25) is 9.59 Å². The van der Waals surface area contributed by atoms with Gasteiger partial charge >= 0.3 is 0 Å². The Bertz CT molecular complexity index is 1050. The van der Waals surface area contributed by atoms with E-state index in [1.165, 1.54) is 0 Å². The van der Waals surface area contributed by atoms with Crippen molar-refractivity contribution >= 4 is 17.5 Å². The van der Waals surface area contributed by atoms with Crippen LogP contribution >= 0.6 is 0 Å². The molecule has 3 aromatic carbocycles. The summed E-state index contributed by atoms with van der Waals surface area (Å²) in [5, 5.41) is 2.94. The summed E-state index contributed by atoms with van der Waals surface area (Å²) in [4.78, 5) is 26.7. The zero-order valence-corrected chi connectivity index (χ0v) is 16.2. The Hall–Kier alpha value is -3.60. The summed E-state index contributed by atoms with van der Waals surface area (Å²) in [5.74, 6) is 0.467. The summed E-state index contributed by atoms with van der Waals surface area (Å²) in [6.45, 7) is 2.86. The first-order valence-electron chi connectivity index (χ1n) is 9.55. The zero-order valence-electron chi connectivity index (χ0n) is 16.2. The largest absolute Gasteiger partial charge is 0.482 e. The second-order valence-electron chi connectivity index (χ2n) is 7.11. The van der Waals surface area contributed by atoms with E-state index in [2.05, 4.69) is 5.32 Å². The lowest BCUT2D eigenvalue weighted by molar-refractivity contribution is -0.121. The van der Waals surface area contributed by atoms with Gasteiger partial charge in [0, 0.05) is 12.1 Å². The molecule has 0 bridgehead atoms. The summed E-state index contributed by atoms with van der Waals surface area (Å²) in [5.41, 5.74) is 4.33. The highest BCUT2D eigenvalue weighted by Crippen LogP contribution is 2.33. The van der Waals surface area contributed by atoms with Gasteiger partial charge in [0.2, 0.25) is 0 Å². The lowest BCUT2D eigenvalue weighted by Gasteiger charge is -2.29. The van der Waals surface area contributed by atoms with Crippen LogP contribution in [0.4, 0.5) is 5.69 Å². The Kier molecular flexibility index (Phi) is 5.29.